The lowest BCUT2D eigenvalue weighted by atomic mass is 10.1. The molecule has 1 amide bonds. The Balaban J connectivity index is 1.85. The van der Waals surface area contributed by atoms with E-state index in [0.717, 1.165) is 11.1 Å². The largest absolute Gasteiger partial charge is 0.497 e. The van der Waals surface area contributed by atoms with E-state index in [0.29, 0.717) is 35.3 Å². The number of hydrogen-bond donors (Lipinski definition) is 0. The van der Waals surface area contributed by atoms with Crippen LogP contribution < -0.4 is 9.47 Å². The molecule has 6 heteroatoms. The Hall–Kier alpha value is -2.27. The Bertz CT molecular complexity index is 733. The van der Waals surface area contributed by atoms with Gasteiger partial charge in [-0.1, -0.05) is 11.6 Å². The first kappa shape index (κ1) is 14.7. The third kappa shape index (κ3) is 2.60. The van der Waals surface area contributed by atoms with Gasteiger partial charge in [-0.25, -0.2) is 4.98 Å². The van der Waals surface area contributed by atoms with Gasteiger partial charge in [0.2, 0.25) is 0 Å². The van der Waals surface area contributed by atoms with E-state index in [4.69, 9.17) is 21.1 Å². The van der Waals surface area contributed by atoms with Crippen molar-refractivity contribution in [3.05, 3.63) is 52.3 Å². The molecule has 1 aliphatic heterocycles. The zero-order valence-electron chi connectivity index (χ0n) is 12.3. The van der Waals surface area contributed by atoms with Crippen LogP contribution in [0.5, 0.6) is 11.5 Å². The SMILES string of the molecule is COc1ccc(CN2Cc3cc(Cl)ncc3C2=O)c(OC)c1. The number of aromatic nitrogens is 1. The van der Waals surface area contributed by atoms with E-state index in [1.54, 1.807) is 31.3 Å². The van der Waals surface area contributed by atoms with Gasteiger partial charge in [0.25, 0.3) is 5.91 Å². The summed E-state index contributed by atoms with van der Waals surface area (Å²) in [6, 6.07) is 7.30. The highest BCUT2D eigenvalue weighted by molar-refractivity contribution is 6.29. The molecule has 0 radical (unpaired) electrons. The highest BCUT2D eigenvalue weighted by Gasteiger charge is 2.28. The van der Waals surface area contributed by atoms with Crippen molar-refractivity contribution in [2.24, 2.45) is 0 Å². The Morgan fingerprint density at radius 2 is 2.09 bits per heavy atom. The van der Waals surface area contributed by atoms with E-state index in [9.17, 15) is 4.79 Å². The molecule has 0 atom stereocenters. The maximum atomic E-state index is 12.4. The number of benzene rings is 1. The standard InChI is InChI=1S/C16H15ClN2O3/c1-21-12-4-3-10(14(6-12)22-2)8-19-9-11-5-15(17)18-7-13(11)16(19)20/h3-7H,8-9H2,1-2H3. The number of rotatable bonds is 4. The van der Waals surface area contributed by atoms with Gasteiger partial charge in [-0.2, -0.15) is 0 Å². The summed E-state index contributed by atoms with van der Waals surface area (Å²) in [7, 11) is 3.20. The van der Waals surface area contributed by atoms with Crippen LogP contribution in [0.2, 0.25) is 5.15 Å². The van der Waals surface area contributed by atoms with Crippen molar-refractivity contribution in [1.82, 2.24) is 9.88 Å². The average molecular weight is 319 g/mol. The summed E-state index contributed by atoms with van der Waals surface area (Å²) in [6.07, 6.45) is 1.53. The summed E-state index contributed by atoms with van der Waals surface area (Å²) in [5, 5.41) is 0.399. The fraction of sp³-hybridized carbons (Fsp3) is 0.250. The molecular formula is C16H15ClN2O3. The molecule has 5 nitrogen and oxygen atoms in total. The second kappa shape index (κ2) is 5.85. The Labute approximate surface area is 133 Å². The highest BCUT2D eigenvalue weighted by Crippen LogP contribution is 2.30. The number of methoxy groups -OCH3 is 2. The van der Waals surface area contributed by atoms with Crippen LogP contribution in [0.25, 0.3) is 0 Å². The second-order valence-electron chi connectivity index (χ2n) is 5.00. The van der Waals surface area contributed by atoms with Crippen LogP contribution in [0.1, 0.15) is 21.5 Å². The molecule has 1 aromatic heterocycles. The first-order valence-corrected chi connectivity index (χ1v) is 7.14. The molecule has 0 spiro atoms. The minimum atomic E-state index is -0.0444. The zero-order valence-corrected chi connectivity index (χ0v) is 13.1. The number of carbonyl (C=O) groups is 1. The smallest absolute Gasteiger partial charge is 0.256 e. The topological polar surface area (TPSA) is 51.7 Å². The normalized spacial score (nSPS) is 13.2. The van der Waals surface area contributed by atoms with Gasteiger partial charge in [0.05, 0.1) is 19.8 Å². The van der Waals surface area contributed by atoms with Gasteiger partial charge in [-0.05, 0) is 23.8 Å². The van der Waals surface area contributed by atoms with E-state index >= 15 is 0 Å². The van der Waals surface area contributed by atoms with Gasteiger partial charge in [0.1, 0.15) is 16.7 Å². The number of halogens is 1. The van der Waals surface area contributed by atoms with Gasteiger partial charge in [-0.15, -0.1) is 0 Å². The molecule has 0 saturated carbocycles. The van der Waals surface area contributed by atoms with E-state index in [-0.39, 0.29) is 5.91 Å². The third-order valence-corrected chi connectivity index (χ3v) is 3.90. The molecule has 0 saturated heterocycles. The first-order chi connectivity index (χ1) is 10.6. The van der Waals surface area contributed by atoms with Crippen LogP contribution >= 0.6 is 11.6 Å². The van der Waals surface area contributed by atoms with Gasteiger partial charge < -0.3 is 14.4 Å². The summed E-state index contributed by atoms with van der Waals surface area (Å²) in [5.41, 5.74) is 2.43. The second-order valence-corrected chi connectivity index (χ2v) is 5.39. The number of fused-ring (bicyclic) bond motifs is 1. The molecule has 1 aromatic carbocycles. The van der Waals surface area contributed by atoms with Crippen LogP contribution in [0.4, 0.5) is 0 Å². The van der Waals surface area contributed by atoms with Crippen molar-refractivity contribution in [3.63, 3.8) is 0 Å². The van der Waals surface area contributed by atoms with Crippen LogP contribution in [0, 0.1) is 0 Å². The molecule has 114 valence electrons. The minimum absolute atomic E-state index is 0.0444. The van der Waals surface area contributed by atoms with Crippen molar-refractivity contribution in [1.29, 1.82) is 0 Å². The van der Waals surface area contributed by atoms with Gasteiger partial charge in [0, 0.05) is 30.9 Å². The predicted octanol–water partition coefficient (Wildman–Crippen LogP) is 2.91. The quantitative estimate of drug-likeness (QED) is 0.813. The lowest BCUT2D eigenvalue weighted by Crippen LogP contribution is -2.23. The molecule has 2 heterocycles. The van der Waals surface area contributed by atoms with E-state index < -0.39 is 0 Å². The molecule has 0 bridgehead atoms. The molecule has 0 N–H and O–H groups in total. The number of pyridine rings is 1. The van der Waals surface area contributed by atoms with Crippen molar-refractivity contribution in [3.8, 4) is 11.5 Å². The number of carbonyl (C=O) groups excluding carboxylic acids is 1. The molecule has 0 unspecified atom stereocenters. The molecular weight excluding hydrogens is 304 g/mol. The predicted molar refractivity (Wildman–Crippen MR) is 82.4 cm³/mol. The average Bonchev–Trinajstić information content (AvgIpc) is 2.83. The molecule has 0 aliphatic carbocycles. The molecule has 2 aromatic rings. The number of ether oxygens (including phenoxy) is 2. The summed E-state index contributed by atoms with van der Waals surface area (Å²) >= 11 is 5.89. The fourth-order valence-electron chi connectivity index (χ4n) is 2.55. The Morgan fingerprint density at radius 1 is 1.27 bits per heavy atom. The summed E-state index contributed by atoms with van der Waals surface area (Å²) in [4.78, 5) is 18.1. The Morgan fingerprint density at radius 3 is 2.82 bits per heavy atom. The monoisotopic (exact) mass is 318 g/mol. The maximum absolute atomic E-state index is 12.4. The van der Waals surface area contributed by atoms with Crippen LogP contribution in [-0.4, -0.2) is 30.0 Å². The lowest BCUT2D eigenvalue weighted by Gasteiger charge is -2.18. The summed E-state index contributed by atoms with van der Waals surface area (Å²) in [6.45, 7) is 0.976. The van der Waals surface area contributed by atoms with Crippen molar-refractivity contribution < 1.29 is 14.3 Å². The van der Waals surface area contributed by atoms with E-state index in [1.165, 1.54) is 6.20 Å². The third-order valence-electron chi connectivity index (χ3n) is 3.69. The van der Waals surface area contributed by atoms with Gasteiger partial charge >= 0.3 is 0 Å². The van der Waals surface area contributed by atoms with Crippen molar-refractivity contribution in [2.45, 2.75) is 13.1 Å². The van der Waals surface area contributed by atoms with Crippen LogP contribution in [-0.2, 0) is 13.1 Å². The van der Waals surface area contributed by atoms with Crippen molar-refractivity contribution >= 4 is 17.5 Å². The maximum Gasteiger partial charge on any atom is 0.256 e. The van der Waals surface area contributed by atoms with E-state index in [1.807, 2.05) is 12.1 Å². The summed E-state index contributed by atoms with van der Waals surface area (Å²) < 4.78 is 10.6. The first-order valence-electron chi connectivity index (χ1n) is 6.77. The molecule has 0 fully saturated rings. The van der Waals surface area contributed by atoms with E-state index in [2.05, 4.69) is 4.98 Å². The summed E-state index contributed by atoms with van der Waals surface area (Å²) in [5.74, 6) is 1.36. The molecule has 22 heavy (non-hydrogen) atoms. The molecule has 1 aliphatic rings. The lowest BCUT2D eigenvalue weighted by molar-refractivity contribution is 0.0765. The Kier molecular flexibility index (Phi) is 3.90. The highest BCUT2D eigenvalue weighted by atomic mass is 35.5. The van der Waals surface area contributed by atoms with Gasteiger partial charge in [-0.3, -0.25) is 4.79 Å². The fourth-order valence-corrected chi connectivity index (χ4v) is 2.74. The van der Waals surface area contributed by atoms with Gasteiger partial charge in [0.15, 0.2) is 0 Å². The van der Waals surface area contributed by atoms with Crippen LogP contribution in [0.15, 0.2) is 30.5 Å². The van der Waals surface area contributed by atoms with Crippen LogP contribution in [0.3, 0.4) is 0 Å². The number of nitrogens with zero attached hydrogens (tertiary/aromatic N) is 2. The number of hydrogen-bond acceptors (Lipinski definition) is 4. The zero-order chi connectivity index (χ0) is 15.7. The number of amides is 1. The molecule has 3 rings (SSSR count). The van der Waals surface area contributed by atoms with Crippen molar-refractivity contribution in [2.75, 3.05) is 14.2 Å². The minimum Gasteiger partial charge on any atom is -0.497 e.